The Balaban J connectivity index is 1.86. The number of hydrogen-bond donors (Lipinski definition) is 1. The molecule has 1 saturated heterocycles. The number of benzene rings is 2. The second-order valence-electron chi connectivity index (χ2n) is 5.59. The van der Waals surface area contributed by atoms with Crippen LogP contribution in [0.5, 0.6) is 11.5 Å². The van der Waals surface area contributed by atoms with Gasteiger partial charge in [0.15, 0.2) is 22.4 Å². The SMILES string of the molecule is COc1cc(/C=C2/SC(=S)N(c3cccc(Br)c3)C2=O)ccc1OCC(=O)O. The Morgan fingerprint density at radius 3 is 2.75 bits per heavy atom. The lowest BCUT2D eigenvalue weighted by atomic mass is 10.2. The van der Waals surface area contributed by atoms with Crippen molar-refractivity contribution in [3.05, 3.63) is 57.4 Å². The number of carboxylic acid groups (broad SMARTS) is 1. The van der Waals surface area contributed by atoms with E-state index in [0.717, 1.165) is 4.47 Å². The third-order valence-electron chi connectivity index (χ3n) is 3.70. The molecule has 0 saturated carbocycles. The Labute approximate surface area is 179 Å². The summed E-state index contributed by atoms with van der Waals surface area (Å²) in [6.45, 7) is -0.471. The number of halogens is 1. The van der Waals surface area contributed by atoms with Crippen LogP contribution in [0.4, 0.5) is 5.69 Å². The number of amides is 1. The predicted molar refractivity (Wildman–Crippen MR) is 116 cm³/mol. The van der Waals surface area contributed by atoms with Crippen LogP contribution in [0, 0.1) is 0 Å². The molecule has 1 aliphatic heterocycles. The summed E-state index contributed by atoms with van der Waals surface area (Å²) in [5.41, 5.74) is 1.39. The van der Waals surface area contributed by atoms with E-state index in [1.54, 1.807) is 24.3 Å². The van der Waals surface area contributed by atoms with Crippen molar-refractivity contribution in [3.8, 4) is 11.5 Å². The summed E-state index contributed by atoms with van der Waals surface area (Å²) in [6.07, 6.45) is 1.71. The van der Waals surface area contributed by atoms with Crippen LogP contribution in [0.2, 0.25) is 0 Å². The van der Waals surface area contributed by atoms with Gasteiger partial charge in [0.05, 0.1) is 17.7 Å². The standard InChI is InChI=1S/C19H14BrNO5S2/c1-25-15-7-11(5-6-14(15)26-10-17(22)23)8-16-18(24)21(19(27)28-16)13-4-2-3-12(20)9-13/h2-9H,10H2,1H3,(H,22,23)/b16-8+. The Kier molecular flexibility index (Phi) is 6.38. The van der Waals surface area contributed by atoms with Crippen molar-refractivity contribution in [2.75, 3.05) is 18.6 Å². The number of methoxy groups -OCH3 is 1. The molecule has 0 aromatic heterocycles. The van der Waals surface area contributed by atoms with E-state index in [4.69, 9.17) is 26.8 Å². The summed E-state index contributed by atoms with van der Waals surface area (Å²) in [5, 5.41) is 8.74. The molecule has 1 fully saturated rings. The molecule has 1 N–H and O–H groups in total. The van der Waals surface area contributed by atoms with Gasteiger partial charge in [-0.1, -0.05) is 52.0 Å². The van der Waals surface area contributed by atoms with E-state index in [1.165, 1.54) is 23.8 Å². The fraction of sp³-hybridized carbons (Fsp3) is 0.105. The summed E-state index contributed by atoms with van der Waals surface area (Å²) >= 11 is 9.99. The van der Waals surface area contributed by atoms with Gasteiger partial charge in [-0.2, -0.15) is 0 Å². The van der Waals surface area contributed by atoms with Gasteiger partial charge in [-0.15, -0.1) is 0 Å². The molecule has 0 atom stereocenters. The number of rotatable bonds is 6. The number of nitrogens with zero attached hydrogens (tertiary/aromatic N) is 1. The molecule has 1 heterocycles. The topological polar surface area (TPSA) is 76.1 Å². The van der Waals surface area contributed by atoms with E-state index in [9.17, 15) is 9.59 Å². The number of anilines is 1. The van der Waals surface area contributed by atoms with Crippen LogP contribution in [-0.2, 0) is 9.59 Å². The van der Waals surface area contributed by atoms with Gasteiger partial charge in [0.25, 0.3) is 5.91 Å². The van der Waals surface area contributed by atoms with Crippen LogP contribution in [-0.4, -0.2) is 35.0 Å². The maximum absolute atomic E-state index is 12.8. The molecule has 0 spiro atoms. The first kappa shape index (κ1) is 20.4. The Hall–Kier alpha value is -2.36. The van der Waals surface area contributed by atoms with Crippen molar-refractivity contribution < 1.29 is 24.2 Å². The van der Waals surface area contributed by atoms with E-state index in [1.807, 2.05) is 24.3 Å². The quantitative estimate of drug-likeness (QED) is 0.487. The van der Waals surface area contributed by atoms with Gasteiger partial charge in [-0.3, -0.25) is 9.69 Å². The van der Waals surface area contributed by atoms with Crippen molar-refractivity contribution >= 4 is 67.9 Å². The molecule has 6 nitrogen and oxygen atoms in total. The van der Waals surface area contributed by atoms with E-state index >= 15 is 0 Å². The molecule has 0 radical (unpaired) electrons. The molecular weight excluding hydrogens is 466 g/mol. The summed E-state index contributed by atoms with van der Waals surface area (Å²) in [6, 6.07) is 12.3. The summed E-state index contributed by atoms with van der Waals surface area (Å²) in [4.78, 5) is 25.5. The number of thioether (sulfide) groups is 1. The van der Waals surface area contributed by atoms with E-state index in [-0.39, 0.29) is 5.91 Å². The number of carbonyl (C=O) groups excluding carboxylic acids is 1. The average molecular weight is 480 g/mol. The normalized spacial score (nSPS) is 15.2. The molecule has 28 heavy (non-hydrogen) atoms. The Morgan fingerprint density at radius 2 is 2.07 bits per heavy atom. The first-order chi connectivity index (χ1) is 13.4. The smallest absolute Gasteiger partial charge is 0.341 e. The van der Waals surface area contributed by atoms with Crippen molar-refractivity contribution in [2.24, 2.45) is 0 Å². The van der Waals surface area contributed by atoms with Gasteiger partial charge in [0.1, 0.15) is 0 Å². The van der Waals surface area contributed by atoms with Crippen molar-refractivity contribution in [1.82, 2.24) is 0 Å². The average Bonchev–Trinajstić information content (AvgIpc) is 2.93. The number of thiocarbonyl (C=S) groups is 1. The summed E-state index contributed by atoms with van der Waals surface area (Å²) in [5.74, 6) is -0.609. The van der Waals surface area contributed by atoms with Gasteiger partial charge < -0.3 is 14.6 Å². The molecule has 1 amide bonds. The second kappa shape index (κ2) is 8.76. The maximum Gasteiger partial charge on any atom is 0.341 e. The number of carbonyl (C=O) groups is 2. The van der Waals surface area contributed by atoms with Crippen LogP contribution in [0.25, 0.3) is 6.08 Å². The molecule has 0 unspecified atom stereocenters. The summed E-state index contributed by atoms with van der Waals surface area (Å²) in [7, 11) is 1.46. The third-order valence-corrected chi connectivity index (χ3v) is 5.49. The lowest BCUT2D eigenvalue weighted by Crippen LogP contribution is -2.27. The largest absolute Gasteiger partial charge is 0.493 e. The Bertz CT molecular complexity index is 992. The lowest BCUT2D eigenvalue weighted by molar-refractivity contribution is -0.139. The minimum Gasteiger partial charge on any atom is -0.493 e. The fourth-order valence-electron chi connectivity index (χ4n) is 2.49. The summed E-state index contributed by atoms with van der Waals surface area (Å²) < 4.78 is 11.7. The zero-order chi connectivity index (χ0) is 20.3. The second-order valence-corrected chi connectivity index (χ2v) is 8.18. The molecule has 2 aromatic rings. The number of aliphatic carboxylic acids is 1. The van der Waals surface area contributed by atoms with Gasteiger partial charge in [-0.05, 0) is 42.0 Å². The highest BCUT2D eigenvalue weighted by Gasteiger charge is 2.33. The van der Waals surface area contributed by atoms with E-state index < -0.39 is 12.6 Å². The fourth-order valence-corrected chi connectivity index (χ4v) is 4.18. The highest BCUT2D eigenvalue weighted by Crippen LogP contribution is 2.37. The third kappa shape index (κ3) is 4.54. The molecule has 144 valence electrons. The van der Waals surface area contributed by atoms with E-state index in [0.29, 0.717) is 32.0 Å². The molecular formula is C19H14BrNO5S2. The predicted octanol–water partition coefficient (Wildman–Crippen LogP) is 4.33. The molecule has 0 aliphatic carbocycles. The minimum absolute atomic E-state index is 0.210. The molecule has 0 bridgehead atoms. The first-order valence-corrected chi connectivity index (χ1v) is 9.97. The Morgan fingerprint density at radius 1 is 1.29 bits per heavy atom. The number of ether oxygens (including phenoxy) is 2. The number of hydrogen-bond acceptors (Lipinski definition) is 6. The van der Waals surface area contributed by atoms with Crippen LogP contribution in [0.1, 0.15) is 5.56 Å². The maximum atomic E-state index is 12.8. The number of carboxylic acids is 1. The first-order valence-electron chi connectivity index (χ1n) is 7.95. The monoisotopic (exact) mass is 479 g/mol. The minimum atomic E-state index is -1.08. The van der Waals surface area contributed by atoms with Gasteiger partial charge in [-0.25, -0.2) is 4.79 Å². The molecule has 9 heteroatoms. The zero-order valence-electron chi connectivity index (χ0n) is 14.5. The van der Waals surface area contributed by atoms with Crippen LogP contribution < -0.4 is 14.4 Å². The lowest BCUT2D eigenvalue weighted by Gasteiger charge is -2.14. The van der Waals surface area contributed by atoms with E-state index in [2.05, 4.69) is 15.9 Å². The van der Waals surface area contributed by atoms with Crippen molar-refractivity contribution in [3.63, 3.8) is 0 Å². The van der Waals surface area contributed by atoms with Crippen molar-refractivity contribution in [1.29, 1.82) is 0 Å². The van der Waals surface area contributed by atoms with Crippen LogP contribution in [0.3, 0.4) is 0 Å². The molecule has 1 aliphatic rings. The van der Waals surface area contributed by atoms with Crippen molar-refractivity contribution in [2.45, 2.75) is 0 Å². The molecule has 2 aromatic carbocycles. The highest BCUT2D eigenvalue weighted by atomic mass is 79.9. The van der Waals surface area contributed by atoms with Gasteiger partial charge in [0.2, 0.25) is 0 Å². The van der Waals surface area contributed by atoms with Gasteiger partial charge in [0, 0.05) is 4.47 Å². The highest BCUT2D eigenvalue weighted by molar-refractivity contribution is 9.10. The zero-order valence-corrected chi connectivity index (χ0v) is 17.8. The van der Waals surface area contributed by atoms with Crippen LogP contribution >= 0.6 is 39.9 Å². The van der Waals surface area contributed by atoms with Gasteiger partial charge >= 0.3 is 5.97 Å². The van der Waals surface area contributed by atoms with Crippen LogP contribution in [0.15, 0.2) is 51.8 Å². The molecule has 3 rings (SSSR count).